The first-order valence-electron chi connectivity index (χ1n) is 9.81. The Bertz CT molecular complexity index is 817. The van der Waals surface area contributed by atoms with E-state index in [4.69, 9.17) is 0 Å². The van der Waals surface area contributed by atoms with Crippen LogP contribution in [0.3, 0.4) is 0 Å². The van der Waals surface area contributed by atoms with Crippen LogP contribution >= 0.6 is 0 Å². The van der Waals surface area contributed by atoms with E-state index in [1.54, 1.807) is 0 Å². The Hall–Kier alpha value is -2.18. The third kappa shape index (κ3) is 3.64. The molecule has 4 rings (SSSR count). The number of carbonyl (C=O) groups excluding carboxylic acids is 1. The first-order valence-corrected chi connectivity index (χ1v) is 9.81. The van der Waals surface area contributed by atoms with Crippen LogP contribution in [0, 0.1) is 25.7 Å². The second kappa shape index (κ2) is 7.44. The predicted octanol–water partition coefficient (Wildman–Crippen LogP) is 1.51. The van der Waals surface area contributed by atoms with Gasteiger partial charge in [0.2, 0.25) is 5.91 Å². The van der Waals surface area contributed by atoms with Crippen LogP contribution in [0.2, 0.25) is 0 Å². The van der Waals surface area contributed by atoms with E-state index < -0.39 is 6.10 Å². The van der Waals surface area contributed by atoms with Crippen molar-refractivity contribution >= 4 is 5.91 Å². The lowest BCUT2D eigenvalue weighted by Crippen LogP contribution is -2.49. The number of carbonyl (C=O) groups is 1. The molecule has 2 aliphatic rings. The zero-order valence-electron chi connectivity index (χ0n) is 16.0. The van der Waals surface area contributed by atoms with Gasteiger partial charge in [-0.15, -0.1) is 0 Å². The van der Waals surface area contributed by atoms with Crippen molar-refractivity contribution < 1.29 is 9.90 Å². The van der Waals surface area contributed by atoms with Crippen molar-refractivity contribution in [3.05, 3.63) is 47.3 Å². The minimum atomic E-state index is -0.454. The summed E-state index contributed by atoms with van der Waals surface area (Å²) in [5.41, 5.74) is 3.81. The molecule has 1 aromatic heterocycles. The predicted molar refractivity (Wildman–Crippen MR) is 104 cm³/mol. The number of hydrogen-bond acceptors (Lipinski definition) is 4. The molecule has 6 heteroatoms. The lowest BCUT2D eigenvalue weighted by Gasteiger charge is -2.35. The van der Waals surface area contributed by atoms with Crippen LogP contribution in [0.1, 0.15) is 29.8 Å². The van der Waals surface area contributed by atoms with Crippen LogP contribution in [0.5, 0.6) is 0 Å². The van der Waals surface area contributed by atoms with Gasteiger partial charge in [0.1, 0.15) is 0 Å². The van der Waals surface area contributed by atoms with E-state index in [9.17, 15) is 9.90 Å². The van der Waals surface area contributed by atoms with Crippen LogP contribution in [0.15, 0.2) is 30.3 Å². The molecule has 0 unspecified atom stereocenters. The van der Waals surface area contributed by atoms with Crippen molar-refractivity contribution in [2.75, 3.05) is 13.1 Å². The molecule has 2 fully saturated rings. The van der Waals surface area contributed by atoms with Crippen LogP contribution < -0.4 is 10.6 Å². The molecular formula is C21H28N4O2. The maximum absolute atomic E-state index is 12.7. The van der Waals surface area contributed by atoms with Crippen LogP contribution in [-0.2, 0) is 11.2 Å². The average Bonchev–Trinajstić information content (AvgIpc) is 3.21. The van der Waals surface area contributed by atoms with E-state index in [1.807, 2.05) is 48.9 Å². The number of aliphatic hydroxyl groups excluding tert-OH is 1. The average molecular weight is 368 g/mol. The lowest BCUT2D eigenvalue weighted by molar-refractivity contribution is -0.122. The smallest absolute Gasteiger partial charge is 0.224 e. The number of aryl methyl sites for hydroxylation is 1. The van der Waals surface area contributed by atoms with Gasteiger partial charge >= 0.3 is 0 Å². The summed E-state index contributed by atoms with van der Waals surface area (Å²) in [5.74, 6) is 1.06. The monoisotopic (exact) mass is 368 g/mol. The minimum Gasteiger partial charge on any atom is -0.391 e. The zero-order chi connectivity index (χ0) is 19.0. The topological polar surface area (TPSA) is 79.2 Å². The number of aromatic nitrogens is 2. The highest BCUT2D eigenvalue weighted by Crippen LogP contribution is 2.33. The molecule has 1 saturated carbocycles. The maximum Gasteiger partial charge on any atom is 0.224 e. The fourth-order valence-corrected chi connectivity index (χ4v) is 4.62. The van der Waals surface area contributed by atoms with Gasteiger partial charge < -0.3 is 15.7 Å². The number of hydrogen-bond donors (Lipinski definition) is 3. The number of fused-ring (bicyclic) bond motifs is 1. The van der Waals surface area contributed by atoms with E-state index in [-0.39, 0.29) is 11.9 Å². The van der Waals surface area contributed by atoms with Gasteiger partial charge in [-0.05, 0) is 63.7 Å². The van der Waals surface area contributed by atoms with E-state index in [1.165, 1.54) is 0 Å². The summed E-state index contributed by atoms with van der Waals surface area (Å²) in [6.07, 6.45) is 1.46. The van der Waals surface area contributed by atoms with Gasteiger partial charge in [-0.3, -0.25) is 4.79 Å². The Morgan fingerprint density at radius 2 is 1.93 bits per heavy atom. The number of para-hydroxylation sites is 1. The summed E-state index contributed by atoms with van der Waals surface area (Å²) in [5, 5.41) is 21.5. The van der Waals surface area contributed by atoms with Crippen molar-refractivity contribution in [3.63, 3.8) is 0 Å². The molecule has 1 amide bonds. The Morgan fingerprint density at radius 3 is 2.67 bits per heavy atom. The van der Waals surface area contributed by atoms with Crippen LogP contribution in [0.25, 0.3) is 5.69 Å². The molecule has 0 bridgehead atoms. The maximum atomic E-state index is 12.7. The van der Waals surface area contributed by atoms with Gasteiger partial charge in [0, 0.05) is 11.3 Å². The second-order valence-corrected chi connectivity index (χ2v) is 7.96. The highest BCUT2D eigenvalue weighted by molar-refractivity contribution is 5.79. The molecule has 6 nitrogen and oxygen atoms in total. The quantitative estimate of drug-likeness (QED) is 0.764. The van der Waals surface area contributed by atoms with Gasteiger partial charge in [0.05, 0.1) is 29.9 Å². The largest absolute Gasteiger partial charge is 0.391 e. The highest BCUT2D eigenvalue weighted by Gasteiger charge is 2.39. The summed E-state index contributed by atoms with van der Waals surface area (Å²) in [7, 11) is 0. The van der Waals surface area contributed by atoms with Crippen molar-refractivity contribution in [1.82, 2.24) is 20.4 Å². The third-order valence-corrected chi connectivity index (χ3v) is 6.17. The summed E-state index contributed by atoms with van der Waals surface area (Å²) in [6, 6.07) is 9.80. The molecule has 0 spiro atoms. The Morgan fingerprint density at radius 1 is 1.22 bits per heavy atom. The molecule has 144 valence electrons. The molecule has 1 aromatic carbocycles. The van der Waals surface area contributed by atoms with Gasteiger partial charge in [-0.2, -0.15) is 5.10 Å². The van der Waals surface area contributed by atoms with Crippen molar-refractivity contribution in [1.29, 1.82) is 0 Å². The zero-order valence-corrected chi connectivity index (χ0v) is 16.0. The van der Waals surface area contributed by atoms with Gasteiger partial charge in [0.15, 0.2) is 0 Å². The molecule has 1 aliphatic carbocycles. The van der Waals surface area contributed by atoms with Gasteiger partial charge in [-0.1, -0.05) is 18.2 Å². The molecule has 0 radical (unpaired) electrons. The number of aliphatic hydroxyl groups is 1. The molecule has 27 heavy (non-hydrogen) atoms. The number of rotatable bonds is 4. The van der Waals surface area contributed by atoms with E-state index >= 15 is 0 Å². The Balaban J connectivity index is 1.45. The van der Waals surface area contributed by atoms with Crippen LogP contribution in [-0.4, -0.2) is 46.0 Å². The molecule has 1 aliphatic heterocycles. The molecule has 3 N–H and O–H groups in total. The summed E-state index contributed by atoms with van der Waals surface area (Å²) < 4.78 is 1.89. The molecule has 2 aromatic rings. The second-order valence-electron chi connectivity index (χ2n) is 7.96. The first kappa shape index (κ1) is 18.2. The molecular weight excluding hydrogens is 340 g/mol. The molecule has 2 heterocycles. The molecule has 4 atom stereocenters. The number of nitrogens with zero attached hydrogens (tertiary/aromatic N) is 2. The Kier molecular flexibility index (Phi) is 5.02. The standard InChI is InChI=1S/C21H28N4O2/c1-13-18(14(2)25(24-13)17-6-4-3-5-7-17)10-21(27)23-19-8-15-11-22-12-16(15)9-20(19)26/h3-7,15-16,19-20,22,26H,8-12H2,1-2H3,(H,23,27)/t15-,16+,19-,20-/m0/s1. The summed E-state index contributed by atoms with van der Waals surface area (Å²) in [4.78, 5) is 12.7. The SMILES string of the molecule is Cc1nn(-c2ccccc2)c(C)c1CC(=O)N[C@H]1C[C@H]2CNC[C@H]2C[C@@H]1O. The lowest BCUT2D eigenvalue weighted by atomic mass is 9.77. The normalized spacial score (nSPS) is 27.4. The fourth-order valence-electron chi connectivity index (χ4n) is 4.62. The highest BCUT2D eigenvalue weighted by atomic mass is 16.3. The van der Waals surface area contributed by atoms with Crippen molar-refractivity contribution in [2.24, 2.45) is 11.8 Å². The van der Waals surface area contributed by atoms with Crippen molar-refractivity contribution in [2.45, 2.75) is 45.3 Å². The molecule has 1 saturated heterocycles. The summed E-state index contributed by atoms with van der Waals surface area (Å²) >= 11 is 0. The van der Waals surface area contributed by atoms with E-state index in [0.29, 0.717) is 18.3 Å². The van der Waals surface area contributed by atoms with E-state index in [0.717, 1.165) is 48.6 Å². The first-order chi connectivity index (χ1) is 13.0. The third-order valence-electron chi connectivity index (χ3n) is 6.17. The number of benzene rings is 1. The minimum absolute atomic E-state index is 0.0396. The van der Waals surface area contributed by atoms with E-state index in [2.05, 4.69) is 15.7 Å². The van der Waals surface area contributed by atoms with Gasteiger partial charge in [-0.25, -0.2) is 4.68 Å². The van der Waals surface area contributed by atoms with Crippen LogP contribution in [0.4, 0.5) is 0 Å². The fraction of sp³-hybridized carbons (Fsp3) is 0.524. The van der Waals surface area contributed by atoms with Crippen molar-refractivity contribution in [3.8, 4) is 5.69 Å². The Labute approximate surface area is 160 Å². The number of nitrogens with one attached hydrogen (secondary N) is 2. The van der Waals surface area contributed by atoms with Gasteiger partial charge in [0.25, 0.3) is 0 Å². The summed E-state index contributed by atoms with van der Waals surface area (Å²) in [6.45, 7) is 5.92. The number of amides is 1.